The van der Waals surface area contributed by atoms with Gasteiger partial charge >= 0.3 is 6.47 Å². The molecule has 0 unspecified atom stereocenters. The van der Waals surface area contributed by atoms with Crippen molar-refractivity contribution in [2.45, 2.75) is 19.4 Å². The minimum Gasteiger partial charge on any atom is -0.441 e. The molecular weight excluding hydrogens is 136 g/mol. The first-order chi connectivity index (χ1) is 4.54. The van der Waals surface area contributed by atoms with Crippen LogP contribution in [0.25, 0.3) is 0 Å². The van der Waals surface area contributed by atoms with Gasteiger partial charge in [-0.05, 0) is 13.8 Å². The fourth-order valence-corrected chi connectivity index (χ4v) is 0.324. The number of rotatable bonds is 3. The SMILES string of the molecule is CC(C)(O[C]=O)C(=O)NN. The van der Waals surface area contributed by atoms with E-state index in [1.165, 1.54) is 13.8 Å². The van der Waals surface area contributed by atoms with Gasteiger partial charge in [-0.1, -0.05) is 0 Å². The molecule has 0 aromatic carbocycles. The molecule has 0 aliphatic rings. The van der Waals surface area contributed by atoms with Crippen molar-refractivity contribution in [1.82, 2.24) is 5.43 Å². The zero-order valence-corrected chi connectivity index (χ0v) is 5.80. The van der Waals surface area contributed by atoms with Crippen molar-refractivity contribution in [1.29, 1.82) is 0 Å². The van der Waals surface area contributed by atoms with Crippen molar-refractivity contribution in [2.24, 2.45) is 5.84 Å². The molecule has 0 aromatic rings. The summed E-state index contributed by atoms with van der Waals surface area (Å²) in [7, 11) is 0. The number of amides is 1. The minimum absolute atomic E-state index is 0.573. The van der Waals surface area contributed by atoms with Crippen LogP contribution in [-0.4, -0.2) is 18.0 Å². The lowest BCUT2D eigenvalue weighted by Crippen LogP contribution is -2.47. The zero-order chi connectivity index (χ0) is 8.20. The molecule has 1 amide bonds. The smallest absolute Gasteiger partial charge is 0.418 e. The van der Waals surface area contributed by atoms with Crippen LogP contribution in [0.2, 0.25) is 0 Å². The Kier molecular flexibility index (Phi) is 2.82. The fraction of sp³-hybridized carbons (Fsp3) is 0.600. The van der Waals surface area contributed by atoms with Gasteiger partial charge in [-0.3, -0.25) is 10.2 Å². The lowest BCUT2D eigenvalue weighted by atomic mass is 10.1. The highest BCUT2D eigenvalue weighted by molar-refractivity contribution is 5.84. The van der Waals surface area contributed by atoms with Crippen LogP contribution < -0.4 is 11.3 Å². The van der Waals surface area contributed by atoms with Gasteiger partial charge in [-0.2, -0.15) is 0 Å². The average Bonchev–Trinajstić information content (AvgIpc) is 1.86. The molecule has 0 fully saturated rings. The van der Waals surface area contributed by atoms with E-state index in [1.54, 1.807) is 0 Å². The quantitative estimate of drug-likeness (QED) is 0.298. The summed E-state index contributed by atoms with van der Waals surface area (Å²) in [5.74, 6) is 4.21. The Labute approximate surface area is 58.5 Å². The maximum absolute atomic E-state index is 10.7. The lowest BCUT2D eigenvalue weighted by Gasteiger charge is -2.18. The number of carbonyl (C=O) groups is 1. The molecule has 0 saturated heterocycles. The molecule has 10 heavy (non-hydrogen) atoms. The van der Waals surface area contributed by atoms with E-state index in [9.17, 15) is 9.59 Å². The van der Waals surface area contributed by atoms with Gasteiger partial charge < -0.3 is 4.74 Å². The van der Waals surface area contributed by atoms with Crippen LogP contribution >= 0.6 is 0 Å². The van der Waals surface area contributed by atoms with Crippen molar-refractivity contribution >= 4 is 12.4 Å². The van der Waals surface area contributed by atoms with E-state index in [-0.39, 0.29) is 0 Å². The van der Waals surface area contributed by atoms with Gasteiger partial charge in [-0.15, -0.1) is 0 Å². The Bertz CT molecular complexity index is 144. The van der Waals surface area contributed by atoms with Crippen molar-refractivity contribution in [2.75, 3.05) is 0 Å². The van der Waals surface area contributed by atoms with Crippen molar-refractivity contribution < 1.29 is 14.3 Å². The fourth-order valence-electron chi connectivity index (χ4n) is 0.324. The van der Waals surface area contributed by atoms with Crippen molar-refractivity contribution in [3.63, 3.8) is 0 Å². The number of carbonyl (C=O) groups excluding carboxylic acids is 2. The van der Waals surface area contributed by atoms with Gasteiger partial charge in [0.2, 0.25) is 0 Å². The molecule has 0 aliphatic heterocycles. The minimum atomic E-state index is -1.24. The summed E-state index contributed by atoms with van der Waals surface area (Å²) in [6, 6.07) is 0. The van der Waals surface area contributed by atoms with Crippen LogP contribution in [0, 0.1) is 0 Å². The average molecular weight is 145 g/mol. The summed E-state index contributed by atoms with van der Waals surface area (Å²) in [5, 5.41) is 0. The molecule has 0 aliphatic carbocycles. The van der Waals surface area contributed by atoms with Gasteiger partial charge in [-0.25, -0.2) is 10.6 Å². The number of ether oxygens (including phenoxy) is 1. The third-order valence-electron chi connectivity index (χ3n) is 0.975. The van der Waals surface area contributed by atoms with E-state index in [2.05, 4.69) is 4.74 Å². The molecule has 5 nitrogen and oxygen atoms in total. The zero-order valence-electron chi connectivity index (χ0n) is 5.80. The molecule has 0 aromatic heterocycles. The first-order valence-electron chi connectivity index (χ1n) is 2.61. The molecule has 1 radical (unpaired) electrons. The molecule has 0 atom stereocenters. The predicted molar refractivity (Wildman–Crippen MR) is 33.2 cm³/mol. The molecule has 5 heteroatoms. The maximum atomic E-state index is 10.7. The number of hydrogen-bond acceptors (Lipinski definition) is 4. The van der Waals surface area contributed by atoms with E-state index < -0.39 is 11.5 Å². The second-order valence-corrected chi connectivity index (χ2v) is 2.17. The van der Waals surface area contributed by atoms with Crippen LogP contribution in [0.3, 0.4) is 0 Å². The van der Waals surface area contributed by atoms with Crippen LogP contribution in [0.4, 0.5) is 0 Å². The van der Waals surface area contributed by atoms with Crippen LogP contribution in [0.15, 0.2) is 0 Å². The number of nitrogens with one attached hydrogen (secondary N) is 1. The van der Waals surface area contributed by atoms with Crippen LogP contribution in [0.5, 0.6) is 0 Å². The summed E-state index contributed by atoms with van der Waals surface area (Å²) in [5.41, 5.74) is 0.608. The monoisotopic (exact) mass is 145 g/mol. The third kappa shape index (κ3) is 2.02. The number of nitrogens with two attached hydrogens (primary N) is 1. The van der Waals surface area contributed by atoms with Crippen LogP contribution in [0.1, 0.15) is 13.8 Å². The van der Waals surface area contributed by atoms with E-state index in [1.807, 2.05) is 5.43 Å². The molecule has 0 heterocycles. The highest BCUT2D eigenvalue weighted by Crippen LogP contribution is 2.05. The van der Waals surface area contributed by atoms with E-state index in [0.717, 1.165) is 6.47 Å². The summed E-state index contributed by atoms with van der Waals surface area (Å²) in [6.45, 7) is 3.96. The second-order valence-electron chi connectivity index (χ2n) is 2.17. The largest absolute Gasteiger partial charge is 0.441 e. The van der Waals surface area contributed by atoms with Gasteiger partial charge in [0.1, 0.15) is 0 Å². The summed E-state index contributed by atoms with van der Waals surface area (Å²) < 4.78 is 4.28. The summed E-state index contributed by atoms with van der Waals surface area (Å²) in [6.07, 6.45) is 0. The Morgan fingerprint density at radius 1 is 1.70 bits per heavy atom. The van der Waals surface area contributed by atoms with E-state index >= 15 is 0 Å². The highest BCUT2D eigenvalue weighted by Gasteiger charge is 2.28. The molecular formula is C5H9N2O3. The van der Waals surface area contributed by atoms with Gasteiger partial charge in [0, 0.05) is 0 Å². The van der Waals surface area contributed by atoms with Crippen LogP contribution in [-0.2, 0) is 14.3 Å². The lowest BCUT2D eigenvalue weighted by molar-refractivity contribution is -0.135. The summed E-state index contributed by atoms with van der Waals surface area (Å²) in [4.78, 5) is 20.4. The molecule has 0 spiro atoms. The van der Waals surface area contributed by atoms with Gasteiger partial charge in [0.05, 0.1) is 0 Å². The van der Waals surface area contributed by atoms with E-state index in [4.69, 9.17) is 5.84 Å². The van der Waals surface area contributed by atoms with Crippen molar-refractivity contribution in [3.8, 4) is 0 Å². The Morgan fingerprint density at radius 3 is 2.50 bits per heavy atom. The van der Waals surface area contributed by atoms with Gasteiger partial charge in [0.25, 0.3) is 5.91 Å². The second kappa shape index (κ2) is 3.17. The first kappa shape index (κ1) is 8.90. The third-order valence-corrected chi connectivity index (χ3v) is 0.975. The molecule has 3 N–H and O–H groups in total. The predicted octanol–water partition coefficient (Wildman–Crippen LogP) is -1.16. The summed E-state index contributed by atoms with van der Waals surface area (Å²) >= 11 is 0. The highest BCUT2D eigenvalue weighted by atomic mass is 16.5. The number of hydrazine groups is 1. The normalized spacial score (nSPS) is 10.3. The Hall–Kier alpha value is -1.10. The van der Waals surface area contributed by atoms with Crippen molar-refractivity contribution in [3.05, 3.63) is 0 Å². The maximum Gasteiger partial charge on any atom is 0.418 e. The van der Waals surface area contributed by atoms with Gasteiger partial charge in [0.15, 0.2) is 5.60 Å². The molecule has 0 bridgehead atoms. The Balaban J connectivity index is 4.08. The number of hydrogen-bond donors (Lipinski definition) is 2. The molecule has 57 valence electrons. The van der Waals surface area contributed by atoms with E-state index in [0.29, 0.717) is 0 Å². The molecule has 0 saturated carbocycles. The standard InChI is InChI=1S/C5H9N2O3/c1-5(2,10-3-8)4(9)7-6/h6H2,1-2H3,(H,7,9). The molecule has 0 rings (SSSR count). The topological polar surface area (TPSA) is 81.4 Å². The first-order valence-corrected chi connectivity index (χ1v) is 2.61. The Morgan fingerprint density at radius 2 is 2.20 bits per heavy atom.